The molecule has 0 aromatic heterocycles. The molecule has 216 valence electrons. The van der Waals surface area contributed by atoms with Gasteiger partial charge in [-0.05, 0) is 62.5 Å². The number of carbonyl (C=O) groups excluding carboxylic acids is 2. The number of primary amides is 1. The number of hydrogen-bond acceptors (Lipinski definition) is 4. The monoisotopic (exact) mass is 546 g/mol. The Hall–Kier alpha value is -2.70. The zero-order valence-electron chi connectivity index (χ0n) is 23.8. The molecule has 0 aliphatic heterocycles. The standard InChI is InChI=1S/C34H46N2O4/c35-30(37)32(18-8-3-9-19-32)31(38)36(28(33(39)20-10-11-21-33)24-26-14-4-1-5-15-26)29(34(40)22-12-13-23-34)25-27-16-6-2-7-17-27/h1-2,4-7,14-17,28-29,39-40H,3,8-13,18-25H2,(H2,35,37). The smallest absolute Gasteiger partial charge is 0.238 e. The van der Waals surface area contributed by atoms with E-state index in [0.29, 0.717) is 51.4 Å². The predicted molar refractivity (Wildman–Crippen MR) is 156 cm³/mol. The van der Waals surface area contributed by atoms with Crippen molar-refractivity contribution in [2.75, 3.05) is 0 Å². The molecule has 40 heavy (non-hydrogen) atoms. The lowest BCUT2D eigenvalue weighted by molar-refractivity contribution is -0.172. The average molecular weight is 547 g/mol. The first-order valence-corrected chi connectivity index (χ1v) is 15.4. The van der Waals surface area contributed by atoms with Gasteiger partial charge >= 0.3 is 0 Å². The molecule has 4 N–H and O–H groups in total. The van der Waals surface area contributed by atoms with Gasteiger partial charge in [0.05, 0.1) is 23.3 Å². The zero-order chi connectivity index (χ0) is 28.2. The van der Waals surface area contributed by atoms with Gasteiger partial charge in [-0.15, -0.1) is 0 Å². The normalized spacial score (nSPS) is 22.9. The van der Waals surface area contributed by atoms with Gasteiger partial charge in [-0.1, -0.05) is 106 Å². The fraction of sp³-hybridized carbons (Fsp3) is 0.588. The van der Waals surface area contributed by atoms with E-state index in [4.69, 9.17) is 5.73 Å². The van der Waals surface area contributed by atoms with Crippen molar-refractivity contribution < 1.29 is 19.8 Å². The summed E-state index contributed by atoms with van der Waals surface area (Å²) in [5.41, 5.74) is 4.63. The summed E-state index contributed by atoms with van der Waals surface area (Å²) >= 11 is 0. The van der Waals surface area contributed by atoms with Crippen LogP contribution in [-0.4, -0.2) is 50.2 Å². The maximum Gasteiger partial charge on any atom is 0.238 e. The Labute approximate surface area is 239 Å². The van der Waals surface area contributed by atoms with Crippen LogP contribution in [-0.2, 0) is 22.4 Å². The van der Waals surface area contributed by atoms with E-state index in [1.54, 1.807) is 0 Å². The lowest BCUT2D eigenvalue weighted by Crippen LogP contribution is -2.68. The molecule has 3 aliphatic rings. The molecule has 6 heteroatoms. The van der Waals surface area contributed by atoms with Crippen molar-refractivity contribution in [1.29, 1.82) is 0 Å². The number of nitrogens with two attached hydrogens (primary N) is 1. The second-order valence-corrected chi connectivity index (χ2v) is 12.8. The fourth-order valence-corrected chi connectivity index (χ4v) is 7.88. The van der Waals surface area contributed by atoms with Crippen molar-refractivity contribution in [3.63, 3.8) is 0 Å². The van der Waals surface area contributed by atoms with Gasteiger partial charge in [0.15, 0.2) is 0 Å². The van der Waals surface area contributed by atoms with Gasteiger partial charge in [0.25, 0.3) is 0 Å². The SMILES string of the molecule is NC(=O)C1(C(=O)N(C(Cc2ccccc2)C2(O)CCCC2)C(Cc2ccccc2)C2(O)CCCC2)CCCCC1. The maximum atomic E-state index is 15.1. The van der Waals surface area contributed by atoms with Crippen molar-refractivity contribution in [3.8, 4) is 0 Å². The molecular weight excluding hydrogens is 500 g/mol. The number of rotatable bonds is 10. The molecule has 5 rings (SSSR count). The Balaban J connectivity index is 1.68. The number of aliphatic hydroxyl groups is 2. The molecule has 3 aliphatic carbocycles. The second kappa shape index (κ2) is 12.0. The number of nitrogens with zero attached hydrogens (tertiary/aromatic N) is 1. The molecule has 2 unspecified atom stereocenters. The Morgan fingerprint density at radius 3 is 1.40 bits per heavy atom. The molecule has 2 atom stereocenters. The topological polar surface area (TPSA) is 104 Å². The first kappa shape index (κ1) is 28.8. The summed E-state index contributed by atoms with van der Waals surface area (Å²) in [5.74, 6) is -0.863. The van der Waals surface area contributed by atoms with E-state index in [1.165, 1.54) is 0 Å². The quantitative estimate of drug-likeness (QED) is 0.361. The summed E-state index contributed by atoms with van der Waals surface area (Å²) in [7, 11) is 0. The molecule has 2 amide bonds. The minimum absolute atomic E-state index is 0.290. The average Bonchev–Trinajstić information content (AvgIpc) is 3.63. The summed E-state index contributed by atoms with van der Waals surface area (Å²) < 4.78 is 0. The number of carbonyl (C=O) groups is 2. The van der Waals surface area contributed by atoms with Crippen LogP contribution in [0.4, 0.5) is 0 Å². The molecule has 0 radical (unpaired) electrons. The van der Waals surface area contributed by atoms with E-state index < -0.39 is 34.6 Å². The van der Waals surface area contributed by atoms with E-state index in [-0.39, 0.29) is 5.91 Å². The molecule has 0 saturated heterocycles. The molecule has 0 heterocycles. The van der Waals surface area contributed by atoms with Gasteiger partial charge in [0.2, 0.25) is 11.8 Å². The minimum Gasteiger partial charge on any atom is -0.388 e. The first-order valence-electron chi connectivity index (χ1n) is 15.4. The van der Waals surface area contributed by atoms with Crippen LogP contribution in [0.1, 0.15) is 94.6 Å². The van der Waals surface area contributed by atoms with Crippen molar-refractivity contribution in [1.82, 2.24) is 4.90 Å². The zero-order valence-corrected chi connectivity index (χ0v) is 23.8. The third-order valence-electron chi connectivity index (χ3n) is 10.2. The summed E-state index contributed by atoms with van der Waals surface area (Å²) in [4.78, 5) is 30.2. The van der Waals surface area contributed by atoms with Crippen molar-refractivity contribution in [2.45, 2.75) is 120 Å². The Kier molecular flexibility index (Phi) is 8.67. The highest BCUT2D eigenvalue weighted by Gasteiger charge is 2.57. The van der Waals surface area contributed by atoms with Crippen molar-refractivity contribution in [2.24, 2.45) is 11.1 Å². The predicted octanol–water partition coefficient (Wildman–Crippen LogP) is 5.08. The third-order valence-corrected chi connectivity index (χ3v) is 10.2. The van der Waals surface area contributed by atoms with Crippen LogP contribution in [0.3, 0.4) is 0 Å². The van der Waals surface area contributed by atoms with Crippen LogP contribution in [0, 0.1) is 5.41 Å². The first-order chi connectivity index (χ1) is 19.3. The summed E-state index contributed by atoms with van der Waals surface area (Å²) in [6.07, 6.45) is 10.2. The lowest BCUT2D eigenvalue weighted by Gasteiger charge is -2.52. The molecule has 2 aromatic rings. The molecule has 3 saturated carbocycles. The van der Waals surface area contributed by atoms with Crippen LogP contribution in [0.2, 0.25) is 0 Å². The van der Waals surface area contributed by atoms with E-state index in [9.17, 15) is 15.0 Å². The molecule has 0 spiro atoms. The highest BCUT2D eigenvalue weighted by atomic mass is 16.3. The molecular formula is C34H46N2O4. The lowest BCUT2D eigenvalue weighted by atomic mass is 9.70. The summed E-state index contributed by atoms with van der Waals surface area (Å²) in [5, 5.41) is 24.6. The summed E-state index contributed by atoms with van der Waals surface area (Å²) in [6.45, 7) is 0. The molecule has 0 bridgehead atoms. The van der Waals surface area contributed by atoms with Crippen LogP contribution in [0.15, 0.2) is 60.7 Å². The van der Waals surface area contributed by atoms with Crippen LogP contribution >= 0.6 is 0 Å². The largest absolute Gasteiger partial charge is 0.388 e. The summed E-state index contributed by atoms with van der Waals surface area (Å²) in [6, 6.07) is 18.8. The number of benzene rings is 2. The van der Waals surface area contributed by atoms with E-state index in [0.717, 1.165) is 56.1 Å². The second-order valence-electron chi connectivity index (χ2n) is 12.8. The molecule has 2 aromatic carbocycles. The Morgan fingerprint density at radius 1 is 0.650 bits per heavy atom. The maximum absolute atomic E-state index is 15.1. The number of amides is 2. The van der Waals surface area contributed by atoms with E-state index in [1.807, 2.05) is 65.6 Å². The van der Waals surface area contributed by atoms with E-state index in [2.05, 4.69) is 0 Å². The van der Waals surface area contributed by atoms with Gasteiger partial charge < -0.3 is 20.8 Å². The van der Waals surface area contributed by atoms with Crippen molar-refractivity contribution in [3.05, 3.63) is 71.8 Å². The molecule has 6 nitrogen and oxygen atoms in total. The Bertz CT molecular complexity index is 1070. The van der Waals surface area contributed by atoms with Gasteiger partial charge in [-0.2, -0.15) is 0 Å². The minimum atomic E-state index is -1.31. The highest BCUT2D eigenvalue weighted by molar-refractivity contribution is 6.04. The Morgan fingerprint density at radius 2 is 1.02 bits per heavy atom. The van der Waals surface area contributed by atoms with Gasteiger partial charge in [0, 0.05) is 0 Å². The van der Waals surface area contributed by atoms with Gasteiger partial charge in [-0.25, -0.2) is 0 Å². The van der Waals surface area contributed by atoms with Crippen LogP contribution in [0.5, 0.6) is 0 Å². The molecule has 3 fully saturated rings. The van der Waals surface area contributed by atoms with Crippen molar-refractivity contribution >= 4 is 11.8 Å². The van der Waals surface area contributed by atoms with Gasteiger partial charge in [-0.3, -0.25) is 9.59 Å². The fourth-order valence-electron chi connectivity index (χ4n) is 7.88. The van der Waals surface area contributed by atoms with E-state index >= 15 is 4.79 Å². The van der Waals surface area contributed by atoms with Crippen LogP contribution in [0.25, 0.3) is 0 Å². The highest BCUT2D eigenvalue weighted by Crippen LogP contribution is 2.46. The number of hydrogen-bond donors (Lipinski definition) is 3. The van der Waals surface area contributed by atoms with Crippen LogP contribution < -0.4 is 5.73 Å². The third kappa shape index (κ3) is 5.71. The van der Waals surface area contributed by atoms with Gasteiger partial charge in [0.1, 0.15) is 5.41 Å².